The Kier molecular flexibility index (Phi) is 3.89. The van der Waals surface area contributed by atoms with Gasteiger partial charge in [-0.05, 0) is 52.2 Å². The maximum absolute atomic E-state index is 9.13. The second-order valence-electron chi connectivity index (χ2n) is 4.74. The van der Waals surface area contributed by atoms with Crippen molar-refractivity contribution in [1.29, 1.82) is 5.26 Å². The molecule has 5 heteroatoms. The van der Waals surface area contributed by atoms with Gasteiger partial charge in [0.2, 0.25) is 0 Å². The first-order valence-electron chi connectivity index (χ1n) is 6.62. The number of anilines is 1. The number of aromatic nitrogens is 2. The van der Waals surface area contributed by atoms with Gasteiger partial charge < -0.3 is 5.32 Å². The van der Waals surface area contributed by atoms with Gasteiger partial charge in [-0.3, -0.25) is 5.10 Å². The first kappa shape index (κ1) is 13.7. The summed E-state index contributed by atoms with van der Waals surface area (Å²) >= 11 is 3.48. The highest BCUT2D eigenvalue weighted by molar-refractivity contribution is 9.10. The van der Waals surface area contributed by atoms with Crippen molar-refractivity contribution in [3.05, 3.63) is 58.2 Å². The lowest BCUT2D eigenvalue weighted by atomic mass is 10.1. The second-order valence-corrected chi connectivity index (χ2v) is 5.60. The molecule has 3 aromatic rings. The molecule has 3 rings (SSSR count). The van der Waals surface area contributed by atoms with Crippen LogP contribution in [0.1, 0.15) is 11.1 Å². The van der Waals surface area contributed by atoms with E-state index in [4.69, 9.17) is 5.26 Å². The molecule has 1 aromatic heterocycles. The molecule has 2 aromatic carbocycles. The summed E-state index contributed by atoms with van der Waals surface area (Å²) in [5.74, 6) is 0. The van der Waals surface area contributed by atoms with Crippen molar-refractivity contribution < 1.29 is 0 Å². The zero-order valence-corrected chi connectivity index (χ0v) is 12.8. The van der Waals surface area contributed by atoms with E-state index in [2.05, 4.69) is 49.6 Å². The van der Waals surface area contributed by atoms with E-state index in [1.807, 2.05) is 30.5 Å². The Morgan fingerprint density at radius 3 is 3.05 bits per heavy atom. The fraction of sp³-hybridized carbons (Fsp3) is 0.125. The summed E-state index contributed by atoms with van der Waals surface area (Å²) < 4.78 is 0.909. The fourth-order valence-electron chi connectivity index (χ4n) is 2.28. The third-order valence-corrected chi connectivity index (χ3v) is 4.01. The van der Waals surface area contributed by atoms with E-state index >= 15 is 0 Å². The van der Waals surface area contributed by atoms with Crippen LogP contribution in [0.25, 0.3) is 10.9 Å². The van der Waals surface area contributed by atoms with Crippen LogP contribution in [-0.2, 0) is 6.42 Å². The van der Waals surface area contributed by atoms with E-state index in [-0.39, 0.29) is 0 Å². The number of fused-ring (bicyclic) bond motifs is 1. The van der Waals surface area contributed by atoms with Crippen molar-refractivity contribution in [2.45, 2.75) is 6.42 Å². The van der Waals surface area contributed by atoms with Crippen molar-refractivity contribution in [2.75, 3.05) is 11.9 Å². The third-order valence-electron chi connectivity index (χ3n) is 3.35. The molecular formula is C16H13BrN4. The molecule has 21 heavy (non-hydrogen) atoms. The highest BCUT2D eigenvalue weighted by atomic mass is 79.9. The lowest BCUT2D eigenvalue weighted by Gasteiger charge is -2.10. The summed E-state index contributed by atoms with van der Waals surface area (Å²) in [5, 5.41) is 20.5. The van der Waals surface area contributed by atoms with Crippen LogP contribution in [-0.4, -0.2) is 16.7 Å². The Morgan fingerprint density at radius 2 is 2.19 bits per heavy atom. The topological polar surface area (TPSA) is 64.5 Å². The molecule has 2 N–H and O–H groups in total. The molecule has 1 heterocycles. The number of para-hydroxylation sites is 1. The minimum Gasteiger partial charge on any atom is -0.383 e. The number of hydrogen-bond donors (Lipinski definition) is 2. The number of H-pyrrole nitrogens is 1. The summed E-state index contributed by atoms with van der Waals surface area (Å²) in [4.78, 5) is 0. The average molecular weight is 341 g/mol. The van der Waals surface area contributed by atoms with Gasteiger partial charge in [-0.2, -0.15) is 10.4 Å². The summed E-state index contributed by atoms with van der Waals surface area (Å²) in [6.45, 7) is 0.765. The van der Waals surface area contributed by atoms with Gasteiger partial charge in [0.1, 0.15) is 6.07 Å². The summed E-state index contributed by atoms with van der Waals surface area (Å²) in [6, 6.07) is 14.1. The molecule has 0 saturated heterocycles. The second kappa shape index (κ2) is 5.98. The number of halogens is 1. The molecule has 0 aliphatic carbocycles. The molecule has 0 unspecified atom stereocenters. The first-order chi connectivity index (χ1) is 10.3. The SMILES string of the molecule is N#Cc1cccc(Br)c1NCCc1ccc2[nH]ncc2c1. The normalized spacial score (nSPS) is 10.5. The molecule has 4 nitrogen and oxygen atoms in total. The van der Waals surface area contributed by atoms with Crippen LogP contribution in [0, 0.1) is 11.3 Å². The molecule has 0 atom stereocenters. The Balaban J connectivity index is 1.70. The van der Waals surface area contributed by atoms with E-state index in [0.29, 0.717) is 5.56 Å². The van der Waals surface area contributed by atoms with Crippen LogP contribution in [0.2, 0.25) is 0 Å². The van der Waals surface area contributed by atoms with E-state index in [1.165, 1.54) is 5.56 Å². The van der Waals surface area contributed by atoms with E-state index in [1.54, 1.807) is 0 Å². The molecule has 0 saturated carbocycles. The smallest absolute Gasteiger partial charge is 0.101 e. The Labute approximate surface area is 130 Å². The molecule has 104 valence electrons. The lowest BCUT2D eigenvalue weighted by Crippen LogP contribution is -2.06. The van der Waals surface area contributed by atoms with Gasteiger partial charge in [-0.25, -0.2) is 0 Å². The molecule has 0 aliphatic rings. The zero-order chi connectivity index (χ0) is 14.7. The van der Waals surface area contributed by atoms with Gasteiger partial charge in [-0.1, -0.05) is 12.1 Å². The maximum Gasteiger partial charge on any atom is 0.101 e. The number of rotatable bonds is 4. The van der Waals surface area contributed by atoms with Crippen LogP contribution in [0.15, 0.2) is 47.1 Å². The van der Waals surface area contributed by atoms with Crippen molar-refractivity contribution in [3.63, 3.8) is 0 Å². The van der Waals surface area contributed by atoms with Gasteiger partial charge in [0.05, 0.1) is 23.0 Å². The van der Waals surface area contributed by atoms with Gasteiger partial charge >= 0.3 is 0 Å². The quantitative estimate of drug-likeness (QED) is 0.758. The summed E-state index contributed by atoms with van der Waals surface area (Å²) in [5.41, 5.74) is 3.78. The minimum absolute atomic E-state index is 0.648. The summed E-state index contributed by atoms with van der Waals surface area (Å²) in [7, 11) is 0. The molecule has 0 fully saturated rings. The van der Waals surface area contributed by atoms with Crippen LogP contribution in [0.3, 0.4) is 0 Å². The molecule has 0 bridgehead atoms. The zero-order valence-electron chi connectivity index (χ0n) is 11.2. The molecule has 0 amide bonds. The number of nitriles is 1. The van der Waals surface area contributed by atoms with Crippen molar-refractivity contribution >= 4 is 32.5 Å². The Hall–Kier alpha value is -2.32. The van der Waals surface area contributed by atoms with E-state index < -0.39 is 0 Å². The molecule has 0 radical (unpaired) electrons. The number of benzene rings is 2. The monoisotopic (exact) mass is 340 g/mol. The highest BCUT2D eigenvalue weighted by Gasteiger charge is 2.05. The van der Waals surface area contributed by atoms with Gasteiger partial charge in [-0.15, -0.1) is 0 Å². The standard InChI is InChI=1S/C16H13BrN4/c17-14-3-1-2-12(9-18)16(14)19-7-6-11-4-5-15-13(8-11)10-20-21-15/h1-5,8,10,19H,6-7H2,(H,20,21). The van der Waals surface area contributed by atoms with Crippen LogP contribution >= 0.6 is 15.9 Å². The van der Waals surface area contributed by atoms with Gasteiger partial charge in [0, 0.05) is 16.4 Å². The van der Waals surface area contributed by atoms with Crippen LogP contribution in [0.5, 0.6) is 0 Å². The molecule has 0 spiro atoms. The van der Waals surface area contributed by atoms with Gasteiger partial charge in [0.25, 0.3) is 0 Å². The van der Waals surface area contributed by atoms with Crippen LogP contribution < -0.4 is 5.32 Å². The van der Waals surface area contributed by atoms with Crippen molar-refractivity contribution in [3.8, 4) is 6.07 Å². The summed E-state index contributed by atoms with van der Waals surface area (Å²) in [6.07, 6.45) is 2.71. The van der Waals surface area contributed by atoms with E-state index in [9.17, 15) is 0 Å². The Morgan fingerprint density at radius 1 is 1.29 bits per heavy atom. The third kappa shape index (κ3) is 2.91. The van der Waals surface area contributed by atoms with E-state index in [0.717, 1.165) is 34.0 Å². The predicted molar refractivity (Wildman–Crippen MR) is 87.1 cm³/mol. The number of hydrogen-bond acceptors (Lipinski definition) is 3. The van der Waals surface area contributed by atoms with Crippen LogP contribution in [0.4, 0.5) is 5.69 Å². The highest BCUT2D eigenvalue weighted by Crippen LogP contribution is 2.25. The minimum atomic E-state index is 0.648. The number of nitrogens with one attached hydrogen (secondary N) is 2. The molecule has 0 aliphatic heterocycles. The molecular weight excluding hydrogens is 328 g/mol. The first-order valence-corrected chi connectivity index (χ1v) is 7.42. The lowest BCUT2D eigenvalue weighted by molar-refractivity contribution is 1.02. The van der Waals surface area contributed by atoms with Crippen molar-refractivity contribution in [1.82, 2.24) is 10.2 Å². The fourth-order valence-corrected chi connectivity index (χ4v) is 2.78. The average Bonchev–Trinajstić information content (AvgIpc) is 2.96. The maximum atomic E-state index is 9.13. The largest absolute Gasteiger partial charge is 0.383 e. The number of aromatic amines is 1. The van der Waals surface area contributed by atoms with Gasteiger partial charge in [0.15, 0.2) is 0 Å². The Bertz CT molecular complexity index is 817. The predicted octanol–water partition coefficient (Wildman–Crippen LogP) is 3.85. The number of nitrogens with zero attached hydrogens (tertiary/aromatic N) is 2. The van der Waals surface area contributed by atoms with Crippen molar-refractivity contribution in [2.24, 2.45) is 0 Å².